The summed E-state index contributed by atoms with van der Waals surface area (Å²) in [5, 5.41) is 4.05. The Morgan fingerprint density at radius 2 is 1.57 bits per heavy atom. The van der Waals surface area contributed by atoms with Crippen LogP contribution >= 0.6 is 0 Å². The highest BCUT2D eigenvalue weighted by atomic mass is 19.4. The minimum Gasteiger partial charge on any atom is -0.457 e. The molecule has 144 valence electrons. The van der Waals surface area contributed by atoms with E-state index in [9.17, 15) is 13.2 Å². The number of hydrazone groups is 1. The highest BCUT2D eigenvalue weighted by molar-refractivity contribution is 5.80. The molecule has 1 N–H and O–H groups in total. The van der Waals surface area contributed by atoms with Gasteiger partial charge in [-0.15, -0.1) is 0 Å². The lowest BCUT2D eigenvalue weighted by Gasteiger charge is -2.09. The maximum atomic E-state index is 12.5. The van der Waals surface area contributed by atoms with Gasteiger partial charge in [0.2, 0.25) is 0 Å². The summed E-state index contributed by atoms with van der Waals surface area (Å²) in [6, 6.07) is 18.1. The van der Waals surface area contributed by atoms with E-state index in [0.29, 0.717) is 11.4 Å². The fourth-order valence-electron chi connectivity index (χ4n) is 2.48. The zero-order valence-electron chi connectivity index (χ0n) is 15.4. The van der Waals surface area contributed by atoms with E-state index in [2.05, 4.69) is 10.5 Å². The number of halogens is 3. The van der Waals surface area contributed by atoms with Crippen LogP contribution in [-0.2, 0) is 6.18 Å². The molecule has 0 fully saturated rings. The summed E-state index contributed by atoms with van der Waals surface area (Å²) in [6.07, 6.45) is -2.76. The monoisotopic (exact) mass is 384 g/mol. The van der Waals surface area contributed by atoms with Crippen molar-refractivity contribution in [2.24, 2.45) is 5.10 Å². The molecule has 3 rings (SSSR count). The van der Waals surface area contributed by atoms with Crippen molar-refractivity contribution in [1.82, 2.24) is 0 Å². The maximum absolute atomic E-state index is 12.5. The molecule has 0 heterocycles. The first-order valence-corrected chi connectivity index (χ1v) is 8.63. The predicted molar refractivity (Wildman–Crippen MR) is 105 cm³/mol. The van der Waals surface area contributed by atoms with E-state index in [1.807, 2.05) is 56.3 Å². The standard InChI is InChI=1S/C22H19F3N2O/c1-15-3-4-16(2)21(13-15)28-20-11-5-17(6-12-20)14-26-27-19-9-7-18(8-10-19)22(23,24)25/h3-14,27H,1-2H3. The summed E-state index contributed by atoms with van der Waals surface area (Å²) in [4.78, 5) is 0. The minimum atomic E-state index is -4.34. The van der Waals surface area contributed by atoms with Gasteiger partial charge >= 0.3 is 6.18 Å². The highest BCUT2D eigenvalue weighted by Crippen LogP contribution is 2.30. The largest absolute Gasteiger partial charge is 0.457 e. The molecule has 0 spiro atoms. The van der Waals surface area contributed by atoms with Crippen LogP contribution in [0.2, 0.25) is 0 Å². The molecule has 3 aromatic carbocycles. The van der Waals surface area contributed by atoms with Crippen molar-refractivity contribution in [2.75, 3.05) is 5.43 Å². The van der Waals surface area contributed by atoms with E-state index < -0.39 is 11.7 Å². The molecule has 0 amide bonds. The van der Waals surface area contributed by atoms with Crippen LogP contribution in [0.4, 0.5) is 18.9 Å². The van der Waals surface area contributed by atoms with Gasteiger partial charge < -0.3 is 4.74 Å². The number of hydrogen-bond donors (Lipinski definition) is 1. The fourth-order valence-corrected chi connectivity index (χ4v) is 2.48. The van der Waals surface area contributed by atoms with Crippen molar-refractivity contribution >= 4 is 11.9 Å². The number of benzene rings is 3. The molecule has 0 aliphatic carbocycles. The van der Waals surface area contributed by atoms with Gasteiger partial charge in [0.1, 0.15) is 11.5 Å². The van der Waals surface area contributed by atoms with Gasteiger partial charge in [-0.05, 0) is 85.1 Å². The van der Waals surface area contributed by atoms with Gasteiger partial charge in [-0.1, -0.05) is 12.1 Å². The first-order chi connectivity index (χ1) is 13.3. The zero-order valence-corrected chi connectivity index (χ0v) is 15.4. The summed E-state index contributed by atoms with van der Waals surface area (Å²) < 4.78 is 43.5. The van der Waals surface area contributed by atoms with Crippen molar-refractivity contribution < 1.29 is 17.9 Å². The van der Waals surface area contributed by atoms with Crippen molar-refractivity contribution in [1.29, 1.82) is 0 Å². The molecule has 0 aliphatic rings. The Morgan fingerprint density at radius 3 is 2.21 bits per heavy atom. The molecule has 0 atom stereocenters. The van der Waals surface area contributed by atoms with Crippen molar-refractivity contribution in [3.63, 3.8) is 0 Å². The quantitative estimate of drug-likeness (QED) is 0.399. The Kier molecular flexibility index (Phi) is 5.68. The van der Waals surface area contributed by atoms with E-state index >= 15 is 0 Å². The highest BCUT2D eigenvalue weighted by Gasteiger charge is 2.29. The number of alkyl halides is 3. The summed E-state index contributed by atoms with van der Waals surface area (Å²) in [7, 11) is 0. The number of nitrogens with zero attached hydrogens (tertiary/aromatic N) is 1. The van der Waals surface area contributed by atoms with E-state index in [1.165, 1.54) is 12.1 Å². The Labute approximate surface area is 161 Å². The average Bonchev–Trinajstić information content (AvgIpc) is 2.66. The van der Waals surface area contributed by atoms with Crippen LogP contribution in [0.25, 0.3) is 0 Å². The predicted octanol–water partition coefficient (Wildman–Crippen LogP) is 6.56. The Bertz CT molecular complexity index is 963. The van der Waals surface area contributed by atoms with Crippen LogP contribution in [0.3, 0.4) is 0 Å². The third kappa shape index (κ3) is 5.13. The number of nitrogens with one attached hydrogen (secondary N) is 1. The summed E-state index contributed by atoms with van der Waals surface area (Å²) in [5.74, 6) is 1.52. The molecule has 0 saturated carbocycles. The summed E-state index contributed by atoms with van der Waals surface area (Å²) in [5.41, 5.74) is 5.49. The summed E-state index contributed by atoms with van der Waals surface area (Å²) >= 11 is 0. The first-order valence-electron chi connectivity index (χ1n) is 8.63. The van der Waals surface area contributed by atoms with E-state index in [0.717, 1.165) is 34.6 Å². The number of rotatable bonds is 5. The average molecular weight is 384 g/mol. The van der Waals surface area contributed by atoms with Gasteiger partial charge in [-0.25, -0.2) is 0 Å². The molecule has 0 bridgehead atoms. The number of aryl methyl sites for hydroxylation is 2. The minimum absolute atomic E-state index is 0.471. The summed E-state index contributed by atoms with van der Waals surface area (Å²) in [6.45, 7) is 4.00. The lowest BCUT2D eigenvalue weighted by Crippen LogP contribution is -2.04. The third-order valence-corrected chi connectivity index (χ3v) is 4.07. The number of anilines is 1. The van der Waals surface area contributed by atoms with Crippen LogP contribution in [0, 0.1) is 13.8 Å². The van der Waals surface area contributed by atoms with Crippen LogP contribution < -0.4 is 10.2 Å². The number of hydrogen-bond acceptors (Lipinski definition) is 3. The Balaban J connectivity index is 1.60. The fraction of sp³-hybridized carbons (Fsp3) is 0.136. The molecule has 3 aromatic rings. The van der Waals surface area contributed by atoms with Crippen molar-refractivity contribution in [3.05, 3.63) is 89.0 Å². The molecule has 0 saturated heterocycles. The smallest absolute Gasteiger partial charge is 0.416 e. The van der Waals surface area contributed by atoms with Gasteiger partial charge in [0.05, 0.1) is 17.5 Å². The van der Waals surface area contributed by atoms with Gasteiger partial charge in [0.15, 0.2) is 0 Å². The molecule has 28 heavy (non-hydrogen) atoms. The second-order valence-corrected chi connectivity index (χ2v) is 6.39. The SMILES string of the molecule is Cc1ccc(C)c(Oc2ccc(C=NNc3ccc(C(F)(F)F)cc3)cc2)c1. The molecule has 6 heteroatoms. The lowest BCUT2D eigenvalue weighted by atomic mass is 10.1. The van der Waals surface area contributed by atoms with Crippen molar-refractivity contribution in [3.8, 4) is 11.5 Å². The maximum Gasteiger partial charge on any atom is 0.416 e. The van der Waals surface area contributed by atoms with Gasteiger partial charge in [-0.3, -0.25) is 5.43 Å². The van der Waals surface area contributed by atoms with Gasteiger partial charge in [0, 0.05) is 0 Å². The molecule has 0 aromatic heterocycles. The van der Waals surface area contributed by atoms with E-state index in [4.69, 9.17) is 4.74 Å². The lowest BCUT2D eigenvalue weighted by molar-refractivity contribution is -0.137. The second-order valence-electron chi connectivity index (χ2n) is 6.39. The van der Waals surface area contributed by atoms with Gasteiger partial charge in [0.25, 0.3) is 0 Å². The second kappa shape index (κ2) is 8.17. The molecule has 0 aliphatic heterocycles. The van der Waals surface area contributed by atoms with Crippen LogP contribution in [0.1, 0.15) is 22.3 Å². The van der Waals surface area contributed by atoms with E-state index in [1.54, 1.807) is 6.21 Å². The van der Waals surface area contributed by atoms with Crippen LogP contribution in [0.15, 0.2) is 71.8 Å². The Morgan fingerprint density at radius 1 is 0.893 bits per heavy atom. The number of ether oxygens (including phenoxy) is 1. The molecular weight excluding hydrogens is 365 g/mol. The van der Waals surface area contributed by atoms with Crippen LogP contribution in [-0.4, -0.2) is 6.21 Å². The molecule has 0 unspecified atom stereocenters. The topological polar surface area (TPSA) is 33.6 Å². The normalized spacial score (nSPS) is 11.6. The zero-order chi connectivity index (χ0) is 20.1. The van der Waals surface area contributed by atoms with Crippen LogP contribution in [0.5, 0.6) is 11.5 Å². The third-order valence-electron chi connectivity index (χ3n) is 4.07. The molecule has 0 radical (unpaired) electrons. The first kappa shape index (κ1) is 19.5. The van der Waals surface area contributed by atoms with E-state index in [-0.39, 0.29) is 0 Å². The van der Waals surface area contributed by atoms with Gasteiger partial charge in [-0.2, -0.15) is 18.3 Å². The van der Waals surface area contributed by atoms with Crippen molar-refractivity contribution in [2.45, 2.75) is 20.0 Å². The molecular formula is C22H19F3N2O. The Hall–Kier alpha value is -3.28. The molecule has 3 nitrogen and oxygen atoms in total.